The summed E-state index contributed by atoms with van der Waals surface area (Å²) >= 11 is 1.90. The van der Waals surface area contributed by atoms with Gasteiger partial charge in [-0.05, 0) is 25.5 Å². The average molecular weight is 192 g/mol. The maximum absolute atomic E-state index is 2.26. The molecule has 0 aliphatic carbocycles. The number of rotatable bonds is 4. The molecule has 0 heterocycles. The summed E-state index contributed by atoms with van der Waals surface area (Å²) in [5.74, 6) is 0. The molecular formula is C12H16S. The molecule has 1 aromatic carbocycles. The molecule has 0 unspecified atom stereocenters. The van der Waals surface area contributed by atoms with Crippen molar-refractivity contribution < 1.29 is 0 Å². The normalized spacial score (nSPS) is 13.4. The Balaban J connectivity index is 2.45. The van der Waals surface area contributed by atoms with Gasteiger partial charge in [-0.2, -0.15) is 0 Å². The highest BCUT2D eigenvalue weighted by atomic mass is 32.2. The lowest BCUT2D eigenvalue weighted by atomic mass is 10.3. The van der Waals surface area contributed by atoms with Gasteiger partial charge in [-0.1, -0.05) is 37.3 Å². The van der Waals surface area contributed by atoms with Crippen LogP contribution in [0.4, 0.5) is 0 Å². The summed E-state index contributed by atoms with van der Waals surface area (Å²) < 4.78 is 0. The summed E-state index contributed by atoms with van der Waals surface area (Å²) in [6.45, 7) is 4.39. The van der Waals surface area contributed by atoms with Gasteiger partial charge in [0.05, 0.1) is 0 Å². The molecule has 0 bridgehead atoms. The van der Waals surface area contributed by atoms with E-state index < -0.39 is 0 Å². The number of benzene rings is 1. The van der Waals surface area contributed by atoms with Crippen LogP contribution in [0, 0.1) is 0 Å². The summed E-state index contributed by atoms with van der Waals surface area (Å²) in [4.78, 5) is 1.34. The molecule has 0 aliphatic heterocycles. The Labute approximate surface area is 85.1 Å². The van der Waals surface area contributed by atoms with Gasteiger partial charge in [-0.25, -0.2) is 0 Å². The van der Waals surface area contributed by atoms with E-state index in [2.05, 4.69) is 56.3 Å². The zero-order chi connectivity index (χ0) is 9.52. The zero-order valence-electron chi connectivity index (χ0n) is 8.23. The van der Waals surface area contributed by atoms with Crippen molar-refractivity contribution >= 4 is 11.8 Å². The molecular weight excluding hydrogens is 176 g/mol. The van der Waals surface area contributed by atoms with Crippen molar-refractivity contribution in [2.75, 3.05) is 0 Å². The third-order valence-electron chi connectivity index (χ3n) is 1.71. The van der Waals surface area contributed by atoms with Gasteiger partial charge in [0, 0.05) is 10.1 Å². The summed E-state index contributed by atoms with van der Waals surface area (Å²) in [5.41, 5.74) is 0. The average Bonchev–Trinajstić information content (AvgIpc) is 2.16. The fraction of sp³-hybridized carbons (Fsp3) is 0.333. The predicted molar refractivity (Wildman–Crippen MR) is 61.2 cm³/mol. The number of allylic oxidation sites excluding steroid dienone is 1. The van der Waals surface area contributed by atoms with E-state index >= 15 is 0 Å². The van der Waals surface area contributed by atoms with E-state index in [0.717, 1.165) is 6.42 Å². The van der Waals surface area contributed by atoms with Crippen LogP contribution >= 0.6 is 11.8 Å². The van der Waals surface area contributed by atoms with E-state index in [4.69, 9.17) is 0 Å². The molecule has 0 nitrogen and oxygen atoms in total. The van der Waals surface area contributed by atoms with Crippen LogP contribution in [-0.2, 0) is 0 Å². The lowest BCUT2D eigenvalue weighted by Gasteiger charge is -2.05. The van der Waals surface area contributed by atoms with Gasteiger partial charge in [-0.15, -0.1) is 11.8 Å². The molecule has 0 amide bonds. The first-order valence-electron chi connectivity index (χ1n) is 4.71. The van der Waals surface area contributed by atoms with Crippen LogP contribution in [0.15, 0.2) is 47.4 Å². The molecule has 0 aromatic heterocycles. The van der Waals surface area contributed by atoms with Crippen molar-refractivity contribution in [1.82, 2.24) is 0 Å². The molecule has 0 saturated carbocycles. The topological polar surface area (TPSA) is 0 Å². The summed E-state index contributed by atoms with van der Waals surface area (Å²) in [6, 6.07) is 10.5. The SMILES string of the molecule is CC/C=C\[C@@H](C)Sc1ccccc1. The molecule has 0 saturated heterocycles. The summed E-state index contributed by atoms with van der Waals surface area (Å²) in [6.07, 6.45) is 5.61. The maximum Gasteiger partial charge on any atom is 0.0246 e. The smallest absolute Gasteiger partial charge is 0.0246 e. The third kappa shape index (κ3) is 4.18. The third-order valence-corrected chi connectivity index (χ3v) is 2.78. The largest absolute Gasteiger partial charge is 0.119 e. The van der Waals surface area contributed by atoms with Crippen molar-refractivity contribution in [2.24, 2.45) is 0 Å². The molecule has 1 heteroatoms. The fourth-order valence-corrected chi connectivity index (χ4v) is 2.01. The van der Waals surface area contributed by atoms with E-state index in [1.54, 1.807) is 0 Å². The molecule has 1 aromatic rings. The van der Waals surface area contributed by atoms with Crippen molar-refractivity contribution in [3.05, 3.63) is 42.5 Å². The van der Waals surface area contributed by atoms with E-state index in [1.165, 1.54) is 4.90 Å². The Hall–Kier alpha value is -0.690. The van der Waals surface area contributed by atoms with Crippen LogP contribution in [0.3, 0.4) is 0 Å². The monoisotopic (exact) mass is 192 g/mol. The van der Waals surface area contributed by atoms with E-state index in [1.807, 2.05) is 11.8 Å². The number of hydrogen-bond acceptors (Lipinski definition) is 1. The summed E-state index contributed by atoms with van der Waals surface area (Å²) in [7, 11) is 0. The number of hydrogen-bond donors (Lipinski definition) is 0. The Morgan fingerprint density at radius 2 is 2.00 bits per heavy atom. The Kier molecular flexibility index (Phi) is 4.69. The minimum atomic E-state index is 0.572. The van der Waals surface area contributed by atoms with Gasteiger partial charge in [0.15, 0.2) is 0 Å². The lowest BCUT2D eigenvalue weighted by Crippen LogP contribution is -1.88. The first-order chi connectivity index (χ1) is 6.33. The summed E-state index contributed by atoms with van der Waals surface area (Å²) in [5, 5.41) is 0.572. The Morgan fingerprint density at radius 3 is 2.62 bits per heavy atom. The number of thioether (sulfide) groups is 1. The van der Waals surface area contributed by atoms with Crippen molar-refractivity contribution in [3.63, 3.8) is 0 Å². The second-order valence-electron chi connectivity index (χ2n) is 2.97. The van der Waals surface area contributed by atoms with Crippen LogP contribution in [0.5, 0.6) is 0 Å². The van der Waals surface area contributed by atoms with Gasteiger partial charge in [0.2, 0.25) is 0 Å². The standard InChI is InChI=1S/C12H16S/c1-3-4-8-11(2)13-12-9-6-5-7-10-12/h4-11H,3H2,1-2H3/b8-4-/t11-/m1/s1. The van der Waals surface area contributed by atoms with Crippen LogP contribution in [-0.4, -0.2) is 5.25 Å². The van der Waals surface area contributed by atoms with Gasteiger partial charge in [-0.3, -0.25) is 0 Å². The minimum absolute atomic E-state index is 0.572. The first-order valence-corrected chi connectivity index (χ1v) is 5.59. The highest BCUT2D eigenvalue weighted by Gasteiger charge is 1.97. The second-order valence-corrected chi connectivity index (χ2v) is 4.42. The van der Waals surface area contributed by atoms with E-state index in [9.17, 15) is 0 Å². The van der Waals surface area contributed by atoms with Crippen molar-refractivity contribution in [1.29, 1.82) is 0 Å². The van der Waals surface area contributed by atoms with Crippen LogP contribution in [0.1, 0.15) is 20.3 Å². The van der Waals surface area contributed by atoms with Gasteiger partial charge < -0.3 is 0 Å². The molecule has 0 N–H and O–H groups in total. The molecule has 0 radical (unpaired) electrons. The highest BCUT2D eigenvalue weighted by Crippen LogP contribution is 2.23. The zero-order valence-corrected chi connectivity index (χ0v) is 9.05. The minimum Gasteiger partial charge on any atom is -0.119 e. The highest BCUT2D eigenvalue weighted by molar-refractivity contribution is 8.00. The van der Waals surface area contributed by atoms with Crippen LogP contribution < -0.4 is 0 Å². The fourth-order valence-electron chi connectivity index (χ4n) is 1.08. The second kappa shape index (κ2) is 5.87. The quantitative estimate of drug-likeness (QED) is 0.510. The maximum atomic E-state index is 2.26. The lowest BCUT2D eigenvalue weighted by molar-refractivity contribution is 1.16. The Bertz CT molecular complexity index is 251. The first kappa shape index (κ1) is 10.4. The van der Waals surface area contributed by atoms with Gasteiger partial charge in [0.1, 0.15) is 0 Å². The van der Waals surface area contributed by atoms with Crippen molar-refractivity contribution in [2.45, 2.75) is 30.4 Å². The van der Waals surface area contributed by atoms with E-state index in [0.29, 0.717) is 5.25 Å². The van der Waals surface area contributed by atoms with Gasteiger partial charge in [0.25, 0.3) is 0 Å². The van der Waals surface area contributed by atoms with E-state index in [-0.39, 0.29) is 0 Å². The van der Waals surface area contributed by atoms with Crippen LogP contribution in [0.2, 0.25) is 0 Å². The molecule has 1 rings (SSSR count). The molecule has 1 atom stereocenters. The molecule has 70 valence electrons. The molecule has 0 spiro atoms. The molecule has 13 heavy (non-hydrogen) atoms. The molecule has 0 aliphatic rings. The van der Waals surface area contributed by atoms with Crippen LogP contribution in [0.25, 0.3) is 0 Å². The van der Waals surface area contributed by atoms with Gasteiger partial charge >= 0.3 is 0 Å². The molecule has 0 fully saturated rings. The predicted octanol–water partition coefficient (Wildman–Crippen LogP) is 4.13. The Morgan fingerprint density at radius 1 is 1.31 bits per heavy atom. The van der Waals surface area contributed by atoms with Crippen molar-refractivity contribution in [3.8, 4) is 0 Å².